The van der Waals surface area contributed by atoms with Gasteiger partial charge in [-0.05, 0) is 13.3 Å². The molecule has 3 N–H and O–H groups in total. The molecule has 0 bridgehead atoms. The Kier molecular flexibility index (Phi) is 6.44. The van der Waals surface area contributed by atoms with Gasteiger partial charge in [0.15, 0.2) is 8.68 Å². The quantitative estimate of drug-likeness (QED) is 0.776. The number of nitrogens with two attached hydrogens (primary N) is 1. The third kappa shape index (κ3) is 5.23. The zero-order valence-electron chi connectivity index (χ0n) is 10.0. The van der Waals surface area contributed by atoms with Gasteiger partial charge in [0.05, 0.1) is 5.25 Å². The molecule has 0 aliphatic carbocycles. The second kappa shape index (κ2) is 7.59. The van der Waals surface area contributed by atoms with Crippen molar-refractivity contribution in [3.63, 3.8) is 0 Å². The van der Waals surface area contributed by atoms with Crippen LogP contribution in [0, 0.1) is 0 Å². The average Bonchev–Trinajstić information content (AvgIpc) is 2.73. The van der Waals surface area contributed by atoms with Crippen LogP contribution >= 0.6 is 34.9 Å². The highest BCUT2D eigenvalue weighted by Crippen LogP contribution is 2.31. The van der Waals surface area contributed by atoms with Crippen molar-refractivity contribution in [3.8, 4) is 0 Å². The minimum atomic E-state index is -0.844. The minimum absolute atomic E-state index is 0.425. The van der Waals surface area contributed by atoms with Crippen molar-refractivity contribution in [2.75, 3.05) is 5.75 Å². The highest BCUT2D eigenvalue weighted by Gasteiger charge is 2.18. The molecule has 6 nitrogen and oxygen atoms in total. The molecule has 1 unspecified atom stereocenters. The minimum Gasteiger partial charge on any atom is -0.351 e. The van der Waals surface area contributed by atoms with E-state index in [0.29, 0.717) is 4.34 Å². The van der Waals surface area contributed by atoms with Gasteiger partial charge in [-0.2, -0.15) is 0 Å². The Morgan fingerprint density at radius 2 is 2.11 bits per heavy atom. The first-order valence-electron chi connectivity index (χ1n) is 5.26. The molecule has 1 atom stereocenters. The molecule has 1 aromatic rings. The van der Waals surface area contributed by atoms with Crippen molar-refractivity contribution in [2.45, 2.75) is 34.2 Å². The number of urea groups is 1. The molecular weight excluding hydrogens is 292 g/mol. The Balaban J connectivity index is 2.48. The molecule has 0 saturated heterocycles. The fourth-order valence-corrected chi connectivity index (χ4v) is 4.01. The molecule has 1 aromatic heterocycles. The standard InChI is InChI=1S/C9H14N4O2S3/c1-3-4-16-8-12-13-9(18-8)17-5(2)6(14)11-7(10)15/h5H,3-4H2,1-2H3,(H3,10,11,14,15). The highest BCUT2D eigenvalue weighted by molar-refractivity contribution is 8.03. The van der Waals surface area contributed by atoms with Crippen LogP contribution in [0.1, 0.15) is 20.3 Å². The lowest BCUT2D eigenvalue weighted by Crippen LogP contribution is -2.39. The van der Waals surface area contributed by atoms with Crippen molar-refractivity contribution in [1.29, 1.82) is 0 Å². The Morgan fingerprint density at radius 3 is 2.72 bits per heavy atom. The number of amides is 3. The Hall–Kier alpha value is -0.800. The van der Waals surface area contributed by atoms with E-state index in [1.807, 2.05) is 5.32 Å². The zero-order valence-corrected chi connectivity index (χ0v) is 12.5. The number of hydrogen-bond donors (Lipinski definition) is 2. The summed E-state index contributed by atoms with van der Waals surface area (Å²) in [4.78, 5) is 22.0. The van der Waals surface area contributed by atoms with E-state index in [2.05, 4.69) is 17.1 Å². The number of rotatable bonds is 6. The number of aromatic nitrogens is 2. The van der Waals surface area contributed by atoms with Crippen molar-refractivity contribution in [2.24, 2.45) is 5.73 Å². The van der Waals surface area contributed by atoms with E-state index in [1.165, 1.54) is 23.1 Å². The Morgan fingerprint density at radius 1 is 1.44 bits per heavy atom. The van der Waals surface area contributed by atoms with Crippen LogP contribution in [-0.4, -0.2) is 33.1 Å². The number of carbonyl (C=O) groups is 2. The lowest BCUT2D eigenvalue weighted by molar-refractivity contribution is -0.119. The van der Waals surface area contributed by atoms with E-state index in [1.54, 1.807) is 18.7 Å². The molecule has 0 aromatic carbocycles. The summed E-state index contributed by atoms with van der Waals surface area (Å²) < 4.78 is 1.60. The highest BCUT2D eigenvalue weighted by atomic mass is 32.2. The maximum absolute atomic E-state index is 11.5. The number of imide groups is 1. The van der Waals surface area contributed by atoms with Crippen LogP contribution in [0.5, 0.6) is 0 Å². The normalized spacial score (nSPS) is 12.1. The van der Waals surface area contributed by atoms with Crippen molar-refractivity contribution in [3.05, 3.63) is 0 Å². The first-order valence-corrected chi connectivity index (χ1v) is 7.94. The van der Waals surface area contributed by atoms with Gasteiger partial charge in [0.2, 0.25) is 5.91 Å². The van der Waals surface area contributed by atoms with Gasteiger partial charge < -0.3 is 5.73 Å². The molecule has 0 radical (unpaired) electrons. The molecule has 0 saturated carbocycles. The van der Waals surface area contributed by atoms with E-state index in [-0.39, 0.29) is 0 Å². The monoisotopic (exact) mass is 306 g/mol. The summed E-state index contributed by atoms with van der Waals surface area (Å²) in [5, 5.41) is 9.60. The van der Waals surface area contributed by atoms with E-state index in [9.17, 15) is 9.59 Å². The molecule has 0 aliphatic heterocycles. The number of hydrogen-bond acceptors (Lipinski definition) is 7. The van der Waals surface area contributed by atoms with Gasteiger partial charge >= 0.3 is 6.03 Å². The molecule has 100 valence electrons. The number of nitrogens with zero attached hydrogens (tertiary/aromatic N) is 2. The summed E-state index contributed by atoms with van der Waals surface area (Å²) in [5.41, 5.74) is 4.87. The van der Waals surface area contributed by atoms with E-state index < -0.39 is 17.2 Å². The van der Waals surface area contributed by atoms with E-state index in [4.69, 9.17) is 5.73 Å². The van der Waals surface area contributed by atoms with Gasteiger partial charge in [0, 0.05) is 5.75 Å². The maximum atomic E-state index is 11.5. The predicted octanol–water partition coefficient (Wildman–Crippen LogP) is 1.72. The molecule has 9 heteroatoms. The van der Waals surface area contributed by atoms with Gasteiger partial charge in [-0.3, -0.25) is 10.1 Å². The van der Waals surface area contributed by atoms with E-state index in [0.717, 1.165) is 16.5 Å². The molecule has 0 fully saturated rings. The summed E-state index contributed by atoms with van der Waals surface area (Å²) in [6, 6.07) is -0.844. The van der Waals surface area contributed by atoms with Gasteiger partial charge in [0.1, 0.15) is 0 Å². The maximum Gasteiger partial charge on any atom is 0.318 e. The third-order valence-electron chi connectivity index (χ3n) is 1.71. The third-order valence-corrected chi connectivity index (χ3v) is 5.16. The van der Waals surface area contributed by atoms with Crippen LogP contribution in [0.15, 0.2) is 8.68 Å². The van der Waals surface area contributed by atoms with Crippen molar-refractivity contribution >= 4 is 46.8 Å². The number of carbonyl (C=O) groups excluding carboxylic acids is 2. The first-order chi connectivity index (χ1) is 8.52. The molecule has 3 amide bonds. The topological polar surface area (TPSA) is 98.0 Å². The van der Waals surface area contributed by atoms with Crippen LogP contribution in [0.25, 0.3) is 0 Å². The van der Waals surface area contributed by atoms with Crippen molar-refractivity contribution in [1.82, 2.24) is 15.5 Å². The second-order valence-electron chi connectivity index (χ2n) is 3.30. The summed E-state index contributed by atoms with van der Waals surface area (Å²) in [6.07, 6.45) is 1.07. The summed E-state index contributed by atoms with van der Waals surface area (Å²) in [7, 11) is 0. The van der Waals surface area contributed by atoms with Crippen molar-refractivity contribution < 1.29 is 9.59 Å². The molecule has 1 rings (SSSR count). The van der Waals surface area contributed by atoms with Crippen LogP contribution in [0.3, 0.4) is 0 Å². The SMILES string of the molecule is CCCSc1nnc(SC(C)C(=O)NC(N)=O)s1. The predicted molar refractivity (Wildman–Crippen MR) is 74.0 cm³/mol. The Labute approximate surface area is 117 Å². The van der Waals surface area contributed by atoms with Crippen LogP contribution in [0.4, 0.5) is 4.79 Å². The smallest absolute Gasteiger partial charge is 0.318 e. The molecule has 0 aliphatic rings. The van der Waals surface area contributed by atoms with Gasteiger partial charge in [-0.1, -0.05) is 41.8 Å². The first kappa shape index (κ1) is 15.3. The molecular formula is C9H14N4O2S3. The van der Waals surface area contributed by atoms with Gasteiger partial charge in [0.25, 0.3) is 0 Å². The lowest BCUT2D eigenvalue weighted by atomic mass is 10.4. The lowest BCUT2D eigenvalue weighted by Gasteiger charge is -2.06. The summed E-state index contributed by atoms with van der Waals surface area (Å²) >= 11 is 4.35. The average molecular weight is 306 g/mol. The molecule has 18 heavy (non-hydrogen) atoms. The number of thioether (sulfide) groups is 2. The fourth-order valence-electron chi connectivity index (χ4n) is 0.920. The zero-order chi connectivity index (χ0) is 13.5. The summed E-state index contributed by atoms with van der Waals surface area (Å²) in [5.74, 6) is 0.572. The fraction of sp³-hybridized carbons (Fsp3) is 0.556. The van der Waals surface area contributed by atoms with Crippen LogP contribution in [0.2, 0.25) is 0 Å². The van der Waals surface area contributed by atoms with Gasteiger partial charge in [-0.25, -0.2) is 4.79 Å². The molecule has 1 heterocycles. The second-order valence-corrected chi connectivity index (χ2v) is 7.20. The van der Waals surface area contributed by atoms with Crippen LogP contribution in [-0.2, 0) is 4.79 Å². The van der Waals surface area contributed by atoms with Gasteiger partial charge in [-0.15, -0.1) is 10.2 Å². The largest absolute Gasteiger partial charge is 0.351 e. The Bertz CT molecular complexity index is 424. The molecule has 0 spiro atoms. The number of nitrogens with one attached hydrogen (secondary N) is 1. The number of primary amides is 1. The summed E-state index contributed by atoms with van der Waals surface area (Å²) in [6.45, 7) is 3.78. The van der Waals surface area contributed by atoms with Crippen LogP contribution < -0.4 is 11.1 Å². The van der Waals surface area contributed by atoms with E-state index >= 15 is 0 Å².